The lowest BCUT2D eigenvalue weighted by atomic mass is 9.86. The van der Waals surface area contributed by atoms with Crippen molar-refractivity contribution < 1.29 is 9.90 Å². The number of aromatic nitrogens is 3. The largest absolute Gasteiger partial charge is 0.396 e. The Morgan fingerprint density at radius 3 is 2.62 bits per heavy atom. The van der Waals surface area contributed by atoms with Crippen LogP contribution in [0, 0.1) is 5.92 Å². The number of amides is 1. The van der Waals surface area contributed by atoms with Crippen LogP contribution in [0.5, 0.6) is 0 Å². The quantitative estimate of drug-likeness (QED) is 0.911. The molecule has 6 heteroatoms. The molecule has 1 heterocycles. The molecule has 1 aromatic carbocycles. The van der Waals surface area contributed by atoms with Crippen molar-refractivity contribution in [3.05, 3.63) is 36.5 Å². The average Bonchev–Trinajstić information content (AvgIpc) is 3.10. The van der Waals surface area contributed by atoms with Gasteiger partial charge in [0, 0.05) is 25.3 Å². The maximum absolute atomic E-state index is 12.5. The molecule has 0 unspecified atom stereocenters. The number of likely N-dealkylation sites (N-methyl/N-ethyl adjacent to an activating group) is 1. The number of aliphatic hydroxyl groups excluding tert-OH is 1. The number of aliphatic hydroxyl groups is 1. The molecule has 0 aliphatic heterocycles. The maximum atomic E-state index is 12.5. The molecule has 0 atom stereocenters. The van der Waals surface area contributed by atoms with Crippen LogP contribution in [0.15, 0.2) is 36.5 Å². The molecule has 2 aromatic rings. The normalized spacial score (nSPS) is 20.8. The summed E-state index contributed by atoms with van der Waals surface area (Å²) in [5.74, 6) is 0.445. The Balaban J connectivity index is 1.58. The first-order chi connectivity index (χ1) is 11.7. The van der Waals surface area contributed by atoms with Gasteiger partial charge < -0.3 is 10.0 Å². The van der Waals surface area contributed by atoms with E-state index in [1.165, 1.54) is 0 Å². The molecule has 24 heavy (non-hydrogen) atoms. The van der Waals surface area contributed by atoms with Gasteiger partial charge in [-0.2, -0.15) is 0 Å². The predicted molar refractivity (Wildman–Crippen MR) is 91.1 cm³/mol. The van der Waals surface area contributed by atoms with Crippen LogP contribution in [-0.4, -0.2) is 50.6 Å². The first-order valence-corrected chi connectivity index (χ1v) is 8.49. The van der Waals surface area contributed by atoms with Crippen molar-refractivity contribution in [3.8, 4) is 11.3 Å². The monoisotopic (exact) mass is 328 g/mol. The lowest BCUT2D eigenvalue weighted by molar-refractivity contribution is -0.133. The van der Waals surface area contributed by atoms with Crippen molar-refractivity contribution in [2.24, 2.45) is 5.92 Å². The van der Waals surface area contributed by atoms with Crippen LogP contribution in [0.3, 0.4) is 0 Å². The zero-order valence-electron chi connectivity index (χ0n) is 14.0. The molecule has 1 saturated carbocycles. The lowest BCUT2D eigenvalue weighted by Crippen LogP contribution is -2.41. The highest BCUT2D eigenvalue weighted by molar-refractivity contribution is 5.76. The molecule has 1 amide bonds. The number of benzene rings is 1. The third kappa shape index (κ3) is 3.82. The minimum absolute atomic E-state index is 0.0481. The SMILES string of the molecule is CN(C(=O)Cn1cc(-c2ccccc2)nn1)C1CCC(CO)CC1. The van der Waals surface area contributed by atoms with Gasteiger partial charge in [-0.3, -0.25) is 4.79 Å². The van der Waals surface area contributed by atoms with Gasteiger partial charge in [0.1, 0.15) is 12.2 Å². The Bertz CT molecular complexity index is 663. The standard InChI is InChI=1S/C18H24N4O2/c1-21(16-9-7-14(13-23)8-10-16)18(24)12-22-11-17(19-20-22)15-5-3-2-4-6-15/h2-6,11,14,16,23H,7-10,12-13H2,1H3. The number of hydrogen-bond donors (Lipinski definition) is 1. The second-order valence-electron chi connectivity index (χ2n) is 6.53. The number of carbonyl (C=O) groups is 1. The highest BCUT2D eigenvalue weighted by atomic mass is 16.3. The van der Waals surface area contributed by atoms with Gasteiger partial charge in [0.25, 0.3) is 0 Å². The molecule has 1 fully saturated rings. The van der Waals surface area contributed by atoms with Gasteiger partial charge in [-0.25, -0.2) is 4.68 Å². The summed E-state index contributed by atoms with van der Waals surface area (Å²) < 4.78 is 1.60. The third-order valence-corrected chi connectivity index (χ3v) is 4.92. The van der Waals surface area contributed by atoms with Gasteiger partial charge >= 0.3 is 0 Å². The Labute approximate surface area is 142 Å². The van der Waals surface area contributed by atoms with Crippen molar-refractivity contribution in [2.75, 3.05) is 13.7 Å². The molecule has 1 aliphatic rings. The van der Waals surface area contributed by atoms with Gasteiger partial charge in [-0.05, 0) is 31.6 Å². The predicted octanol–water partition coefficient (Wildman–Crippen LogP) is 1.95. The fourth-order valence-electron chi connectivity index (χ4n) is 3.29. The van der Waals surface area contributed by atoms with E-state index < -0.39 is 0 Å². The second-order valence-corrected chi connectivity index (χ2v) is 6.53. The summed E-state index contributed by atoms with van der Waals surface area (Å²) in [6, 6.07) is 10.1. The van der Waals surface area contributed by atoms with Crippen LogP contribution < -0.4 is 0 Å². The number of carbonyl (C=O) groups excluding carboxylic acids is 1. The molecule has 1 aromatic heterocycles. The first-order valence-electron chi connectivity index (χ1n) is 8.49. The van der Waals surface area contributed by atoms with E-state index in [4.69, 9.17) is 0 Å². The smallest absolute Gasteiger partial charge is 0.244 e. The number of rotatable bonds is 5. The van der Waals surface area contributed by atoms with E-state index in [2.05, 4.69) is 10.3 Å². The van der Waals surface area contributed by atoms with Crippen molar-refractivity contribution in [1.29, 1.82) is 0 Å². The Morgan fingerprint density at radius 2 is 1.96 bits per heavy atom. The van der Waals surface area contributed by atoms with E-state index in [1.807, 2.05) is 48.5 Å². The summed E-state index contributed by atoms with van der Waals surface area (Å²) in [5.41, 5.74) is 1.77. The van der Waals surface area contributed by atoms with Gasteiger partial charge in [0.15, 0.2) is 0 Å². The van der Waals surface area contributed by atoms with E-state index in [0.717, 1.165) is 36.9 Å². The molecule has 3 rings (SSSR count). The molecule has 0 spiro atoms. The highest BCUT2D eigenvalue weighted by Gasteiger charge is 2.26. The van der Waals surface area contributed by atoms with Crippen LogP contribution in [0.1, 0.15) is 25.7 Å². The summed E-state index contributed by atoms with van der Waals surface area (Å²) in [6.45, 7) is 0.460. The van der Waals surface area contributed by atoms with Crippen LogP contribution >= 0.6 is 0 Å². The van der Waals surface area contributed by atoms with Crippen LogP contribution in [0.2, 0.25) is 0 Å². The zero-order valence-corrected chi connectivity index (χ0v) is 14.0. The molecule has 1 aliphatic carbocycles. The Morgan fingerprint density at radius 1 is 1.25 bits per heavy atom. The van der Waals surface area contributed by atoms with Crippen LogP contribution in [-0.2, 0) is 11.3 Å². The van der Waals surface area contributed by atoms with E-state index >= 15 is 0 Å². The van der Waals surface area contributed by atoms with Crippen LogP contribution in [0.25, 0.3) is 11.3 Å². The van der Waals surface area contributed by atoms with Crippen molar-refractivity contribution in [3.63, 3.8) is 0 Å². The van der Waals surface area contributed by atoms with Gasteiger partial charge in [0.05, 0.1) is 6.20 Å². The van der Waals surface area contributed by atoms with Gasteiger partial charge in [-0.15, -0.1) is 5.10 Å². The first kappa shape index (κ1) is 16.6. The summed E-state index contributed by atoms with van der Waals surface area (Å²) in [6.07, 6.45) is 5.70. The minimum Gasteiger partial charge on any atom is -0.396 e. The Kier molecular flexibility index (Phi) is 5.25. The third-order valence-electron chi connectivity index (χ3n) is 4.92. The molecular weight excluding hydrogens is 304 g/mol. The topological polar surface area (TPSA) is 71.2 Å². The average molecular weight is 328 g/mol. The van der Waals surface area contributed by atoms with Gasteiger partial charge in [0.2, 0.25) is 5.91 Å². The molecule has 1 N–H and O–H groups in total. The van der Waals surface area contributed by atoms with Gasteiger partial charge in [-0.1, -0.05) is 35.5 Å². The lowest BCUT2D eigenvalue weighted by Gasteiger charge is -2.34. The van der Waals surface area contributed by atoms with Crippen LogP contribution in [0.4, 0.5) is 0 Å². The minimum atomic E-state index is 0.0481. The molecule has 0 radical (unpaired) electrons. The molecule has 6 nitrogen and oxygen atoms in total. The molecule has 0 saturated heterocycles. The molecular formula is C18H24N4O2. The second kappa shape index (κ2) is 7.57. The van der Waals surface area contributed by atoms with Crippen molar-refractivity contribution in [1.82, 2.24) is 19.9 Å². The van der Waals surface area contributed by atoms with Crippen molar-refractivity contribution >= 4 is 5.91 Å². The number of nitrogens with zero attached hydrogens (tertiary/aromatic N) is 4. The fourth-order valence-corrected chi connectivity index (χ4v) is 3.29. The van der Waals surface area contributed by atoms with E-state index in [0.29, 0.717) is 5.92 Å². The molecule has 0 bridgehead atoms. The fraction of sp³-hybridized carbons (Fsp3) is 0.500. The summed E-state index contributed by atoms with van der Waals surface area (Å²) in [7, 11) is 1.86. The summed E-state index contributed by atoms with van der Waals surface area (Å²) in [5, 5.41) is 17.4. The van der Waals surface area contributed by atoms with E-state index in [9.17, 15) is 9.90 Å². The zero-order chi connectivity index (χ0) is 16.9. The highest BCUT2D eigenvalue weighted by Crippen LogP contribution is 2.26. The maximum Gasteiger partial charge on any atom is 0.244 e. The van der Waals surface area contributed by atoms with E-state index in [-0.39, 0.29) is 25.1 Å². The molecule has 128 valence electrons. The summed E-state index contributed by atoms with van der Waals surface area (Å²) >= 11 is 0. The van der Waals surface area contributed by atoms with E-state index in [1.54, 1.807) is 4.68 Å². The Hall–Kier alpha value is -2.21. The van der Waals surface area contributed by atoms with Crippen molar-refractivity contribution in [2.45, 2.75) is 38.3 Å². The summed E-state index contributed by atoms with van der Waals surface area (Å²) in [4.78, 5) is 14.3. The number of hydrogen-bond acceptors (Lipinski definition) is 4.